The van der Waals surface area contributed by atoms with Gasteiger partial charge < -0.3 is 0 Å². The molecule has 0 radical (unpaired) electrons. The summed E-state index contributed by atoms with van der Waals surface area (Å²) in [6.45, 7) is 2.19. The Morgan fingerprint density at radius 1 is 0.923 bits per heavy atom. The lowest BCUT2D eigenvalue weighted by molar-refractivity contribution is 0.528. The van der Waals surface area contributed by atoms with Gasteiger partial charge in [-0.05, 0) is 96.7 Å². The van der Waals surface area contributed by atoms with Crippen LogP contribution in [-0.2, 0) is 25.7 Å². The van der Waals surface area contributed by atoms with Crippen LogP contribution in [-0.4, -0.2) is 0 Å². The molecule has 0 saturated carbocycles. The molecule has 2 aromatic rings. The quantitative estimate of drug-likeness (QED) is 0.568. The summed E-state index contributed by atoms with van der Waals surface area (Å²) < 4.78 is 27.2. The molecular weight excluding hydrogens is 326 g/mol. The number of fused-ring (bicyclic) bond motifs is 3. The van der Waals surface area contributed by atoms with Crippen molar-refractivity contribution in [2.24, 2.45) is 5.92 Å². The maximum atomic E-state index is 13.6. The summed E-state index contributed by atoms with van der Waals surface area (Å²) >= 11 is 0. The summed E-state index contributed by atoms with van der Waals surface area (Å²) in [5.74, 6) is -0.0495. The van der Waals surface area contributed by atoms with Crippen molar-refractivity contribution < 1.29 is 8.78 Å². The highest BCUT2D eigenvalue weighted by atomic mass is 19.1. The number of allylic oxidation sites excluding steroid dienone is 2. The molecule has 0 spiro atoms. The topological polar surface area (TPSA) is 0 Å². The first kappa shape index (κ1) is 17.5. The van der Waals surface area contributed by atoms with Crippen LogP contribution < -0.4 is 0 Å². The molecule has 0 nitrogen and oxygen atoms in total. The summed E-state index contributed by atoms with van der Waals surface area (Å²) in [4.78, 5) is 0. The van der Waals surface area contributed by atoms with Crippen molar-refractivity contribution in [2.75, 3.05) is 0 Å². The smallest absolute Gasteiger partial charge is 0.126 e. The Hall–Kier alpha value is -1.96. The van der Waals surface area contributed by atoms with Gasteiger partial charge in [0.05, 0.1) is 0 Å². The zero-order chi connectivity index (χ0) is 18.1. The molecule has 2 unspecified atom stereocenters. The van der Waals surface area contributed by atoms with E-state index in [9.17, 15) is 8.78 Å². The number of halogens is 2. The second-order valence-corrected chi connectivity index (χ2v) is 7.82. The third kappa shape index (κ3) is 3.47. The predicted molar refractivity (Wildman–Crippen MR) is 103 cm³/mol. The van der Waals surface area contributed by atoms with Gasteiger partial charge in [0.15, 0.2) is 0 Å². The number of hydrogen-bond donors (Lipinski definition) is 0. The Balaban J connectivity index is 1.57. The van der Waals surface area contributed by atoms with Crippen molar-refractivity contribution in [1.82, 2.24) is 0 Å². The first-order valence-corrected chi connectivity index (χ1v) is 9.89. The normalized spacial score (nSPS) is 22.3. The van der Waals surface area contributed by atoms with E-state index in [1.807, 2.05) is 0 Å². The average Bonchev–Trinajstić information content (AvgIpc) is 2.64. The summed E-state index contributed by atoms with van der Waals surface area (Å²) in [7, 11) is 0. The van der Waals surface area contributed by atoms with Gasteiger partial charge in [-0.25, -0.2) is 8.78 Å². The standard InChI is InChI=1S/C24H26F2/c1-2-3-4-16-5-9-23-18(11-16)6-7-19-12-17(8-10-24(19)23)20-13-21(25)15-22(26)14-20/h3-4,6-7,13-17H,2,5,8-12H2,1H3/b4-3+. The van der Waals surface area contributed by atoms with Crippen molar-refractivity contribution in [3.8, 4) is 0 Å². The van der Waals surface area contributed by atoms with Gasteiger partial charge in [0, 0.05) is 6.07 Å². The second-order valence-electron chi connectivity index (χ2n) is 7.82. The van der Waals surface area contributed by atoms with Crippen LogP contribution in [0.15, 0.2) is 42.5 Å². The molecular formula is C24H26F2. The van der Waals surface area contributed by atoms with Gasteiger partial charge >= 0.3 is 0 Å². The maximum absolute atomic E-state index is 13.6. The van der Waals surface area contributed by atoms with Gasteiger partial charge in [0.1, 0.15) is 11.6 Å². The fraction of sp³-hybridized carbons (Fsp3) is 0.417. The Kier molecular flexibility index (Phi) is 4.93. The lowest BCUT2D eigenvalue weighted by Crippen LogP contribution is -2.20. The van der Waals surface area contributed by atoms with Crippen LogP contribution >= 0.6 is 0 Å². The molecule has 2 aromatic carbocycles. The molecule has 2 aliphatic carbocycles. The Labute approximate surface area is 154 Å². The van der Waals surface area contributed by atoms with Crippen LogP contribution in [0.3, 0.4) is 0 Å². The van der Waals surface area contributed by atoms with Crippen LogP contribution in [0.4, 0.5) is 8.78 Å². The fourth-order valence-corrected chi connectivity index (χ4v) is 4.78. The summed E-state index contributed by atoms with van der Waals surface area (Å²) in [5.41, 5.74) is 6.78. The van der Waals surface area contributed by atoms with Crippen molar-refractivity contribution in [3.63, 3.8) is 0 Å². The molecule has 0 aliphatic heterocycles. The minimum absolute atomic E-state index is 0.217. The molecule has 26 heavy (non-hydrogen) atoms. The van der Waals surface area contributed by atoms with Gasteiger partial charge in [-0.2, -0.15) is 0 Å². The number of rotatable bonds is 3. The number of hydrogen-bond acceptors (Lipinski definition) is 0. The zero-order valence-corrected chi connectivity index (χ0v) is 15.4. The van der Waals surface area contributed by atoms with Crippen LogP contribution in [0.25, 0.3) is 0 Å². The van der Waals surface area contributed by atoms with E-state index in [0.717, 1.165) is 50.2 Å². The van der Waals surface area contributed by atoms with Crippen molar-refractivity contribution in [2.45, 2.75) is 57.8 Å². The maximum Gasteiger partial charge on any atom is 0.126 e. The van der Waals surface area contributed by atoms with Gasteiger partial charge in [0.2, 0.25) is 0 Å². The minimum Gasteiger partial charge on any atom is -0.207 e. The van der Waals surface area contributed by atoms with E-state index in [-0.39, 0.29) is 5.92 Å². The van der Waals surface area contributed by atoms with Crippen molar-refractivity contribution in [1.29, 1.82) is 0 Å². The third-order valence-corrected chi connectivity index (χ3v) is 6.08. The average molecular weight is 352 g/mol. The van der Waals surface area contributed by atoms with Crippen LogP contribution in [0.5, 0.6) is 0 Å². The van der Waals surface area contributed by atoms with E-state index in [4.69, 9.17) is 0 Å². The monoisotopic (exact) mass is 352 g/mol. The van der Waals surface area contributed by atoms with Gasteiger partial charge in [-0.3, -0.25) is 0 Å². The summed E-state index contributed by atoms with van der Waals surface area (Å²) in [5, 5.41) is 0. The summed E-state index contributed by atoms with van der Waals surface area (Å²) in [6.07, 6.45) is 12.2. The molecule has 0 amide bonds. The van der Waals surface area contributed by atoms with Crippen LogP contribution in [0.2, 0.25) is 0 Å². The lowest BCUT2D eigenvalue weighted by atomic mass is 9.74. The predicted octanol–water partition coefficient (Wildman–Crippen LogP) is 6.31. The zero-order valence-electron chi connectivity index (χ0n) is 15.4. The SMILES string of the molecule is CC/C=C/C1CCc2c(ccc3c2CCC(c2cc(F)cc(F)c2)C3)C1. The molecule has 136 valence electrons. The molecule has 0 saturated heterocycles. The molecule has 2 atom stereocenters. The molecule has 0 heterocycles. The van der Waals surface area contributed by atoms with Crippen LogP contribution in [0.1, 0.15) is 59.9 Å². The van der Waals surface area contributed by atoms with Crippen molar-refractivity contribution in [3.05, 3.63) is 81.9 Å². The van der Waals surface area contributed by atoms with E-state index in [0.29, 0.717) is 5.92 Å². The third-order valence-electron chi connectivity index (χ3n) is 6.08. The Bertz CT molecular complexity index is 814. The highest BCUT2D eigenvalue weighted by Crippen LogP contribution is 2.38. The molecule has 2 heteroatoms. The molecule has 0 N–H and O–H groups in total. The van der Waals surface area contributed by atoms with Gasteiger partial charge in [-0.1, -0.05) is 31.2 Å². The minimum atomic E-state index is -0.470. The fourth-order valence-electron chi connectivity index (χ4n) is 4.78. The molecule has 2 aliphatic rings. The lowest BCUT2D eigenvalue weighted by Gasteiger charge is -2.31. The van der Waals surface area contributed by atoms with E-state index in [1.54, 1.807) is 5.56 Å². The van der Waals surface area contributed by atoms with E-state index < -0.39 is 11.6 Å². The van der Waals surface area contributed by atoms with E-state index in [1.165, 1.54) is 35.2 Å². The van der Waals surface area contributed by atoms with E-state index >= 15 is 0 Å². The van der Waals surface area contributed by atoms with E-state index in [2.05, 4.69) is 31.2 Å². The largest absolute Gasteiger partial charge is 0.207 e. The highest BCUT2D eigenvalue weighted by molar-refractivity contribution is 5.46. The molecule has 0 aromatic heterocycles. The number of benzene rings is 2. The van der Waals surface area contributed by atoms with Gasteiger partial charge in [0.25, 0.3) is 0 Å². The highest BCUT2D eigenvalue weighted by Gasteiger charge is 2.26. The first-order chi connectivity index (χ1) is 12.6. The Morgan fingerprint density at radius 3 is 2.27 bits per heavy atom. The second kappa shape index (κ2) is 7.34. The van der Waals surface area contributed by atoms with Gasteiger partial charge in [-0.15, -0.1) is 0 Å². The molecule has 4 rings (SSSR count). The molecule has 0 bridgehead atoms. The van der Waals surface area contributed by atoms with Crippen LogP contribution in [0, 0.1) is 17.6 Å². The van der Waals surface area contributed by atoms with Crippen molar-refractivity contribution >= 4 is 0 Å². The summed E-state index contributed by atoms with van der Waals surface area (Å²) in [6, 6.07) is 8.53. The molecule has 0 fully saturated rings. The Morgan fingerprint density at radius 2 is 1.58 bits per heavy atom. The first-order valence-electron chi connectivity index (χ1n) is 9.89.